The minimum absolute atomic E-state index is 0.649. The van der Waals surface area contributed by atoms with Gasteiger partial charge in [-0.2, -0.15) is 0 Å². The number of nitrogens with one attached hydrogen (secondary N) is 1. The number of anilines is 2. The second-order valence-electron chi connectivity index (χ2n) is 6.82. The third kappa shape index (κ3) is 3.40. The zero-order valence-electron chi connectivity index (χ0n) is 17.2. The van der Waals surface area contributed by atoms with E-state index in [0.717, 1.165) is 37.7 Å². The van der Waals surface area contributed by atoms with Crippen LogP contribution in [0.2, 0.25) is 0 Å². The molecule has 3 aromatic heterocycles. The maximum atomic E-state index is 5.51. The monoisotopic (exact) mass is 432 g/mol. The summed E-state index contributed by atoms with van der Waals surface area (Å²) in [5, 5.41) is 9.22. The SMILES string of the molecule is COc1ccc(Nc2ccc3ncc(-c4cc5cccc(OC)c5s4)n3n2)cc1OC. The smallest absolute Gasteiger partial charge is 0.162 e. The molecule has 8 heteroatoms. The predicted octanol–water partition coefficient (Wildman–Crippen LogP) is 5.38. The minimum Gasteiger partial charge on any atom is -0.495 e. The number of nitrogens with zero attached hydrogens (tertiary/aromatic N) is 3. The number of hydrogen-bond donors (Lipinski definition) is 1. The Morgan fingerprint density at radius 2 is 1.71 bits per heavy atom. The largest absolute Gasteiger partial charge is 0.495 e. The van der Waals surface area contributed by atoms with Gasteiger partial charge in [-0.15, -0.1) is 16.4 Å². The second kappa shape index (κ2) is 7.81. The topological polar surface area (TPSA) is 69.9 Å². The minimum atomic E-state index is 0.649. The molecular weight excluding hydrogens is 412 g/mol. The Bertz CT molecular complexity index is 1390. The molecule has 0 saturated heterocycles. The van der Waals surface area contributed by atoms with Gasteiger partial charge in [-0.25, -0.2) is 9.50 Å². The van der Waals surface area contributed by atoms with E-state index in [4.69, 9.17) is 19.3 Å². The number of imidazole rings is 1. The van der Waals surface area contributed by atoms with Crippen molar-refractivity contribution >= 4 is 38.6 Å². The molecule has 0 aliphatic rings. The summed E-state index contributed by atoms with van der Waals surface area (Å²) in [7, 11) is 4.92. The van der Waals surface area contributed by atoms with Gasteiger partial charge in [-0.1, -0.05) is 12.1 Å². The predicted molar refractivity (Wildman–Crippen MR) is 123 cm³/mol. The van der Waals surface area contributed by atoms with Gasteiger partial charge in [0.25, 0.3) is 0 Å². The van der Waals surface area contributed by atoms with Crippen molar-refractivity contribution in [2.45, 2.75) is 0 Å². The van der Waals surface area contributed by atoms with Gasteiger partial charge in [0.1, 0.15) is 11.4 Å². The van der Waals surface area contributed by atoms with Crippen molar-refractivity contribution in [3.8, 4) is 27.8 Å². The van der Waals surface area contributed by atoms with E-state index in [9.17, 15) is 0 Å². The Hall–Kier alpha value is -3.78. The Balaban J connectivity index is 1.53. The van der Waals surface area contributed by atoms with Crippen LogP contribution in [0.1, 0.15) is 0 Å². The number of hydrogen-bond acceptors (Lipinski definition) is 7. The van der Waals surface area contributed by atoms with E-state index >= 15 is 0 Å². The van der Waals surface area contributed by atoms with Crippen LogP contribution in [0.15, 0.2) is 60.8 Å². The second-order valence-corrected chi connectivity index (χ2v) is 7.87. The highest BCUT2D eigenvalue weighted by molar-refractivity contribution is 7.22. The number of fused-ring (bicyclic) bond motifs is 2. The van der Waals surface area contributed by atoms with Crippen LogP contribution >= 0.6 is 11.3 Å². The molecule has 0 amide bonds. The Morgan fingerprint density at radius 3 is 2.52 bits per heavy atom. The van der Waals surface area contributed by atoms with Crippen molar-refractivity contribution in [3.05, 3.63) is 60.8 Å². The summed E-state index contributed by atoms with van der Waals surface area (Å²) >= 11 is 1.66. The molecule has 0 bridgehead atoms. The quantitative estimate of drug-likeness (QED) is 0.388. The molecule has 0 aliphatic carbocycles. The standard InChI is InChI=1S/C23H20N4O3S/c1-28-17-8-7-15(12-19(17)30-3)25-21-9-10-22-24-13-16(27(22)26-21)20-11-14-5-4-6-18(29-2)23(14)31-20/h4-13H,1-3H3,(H,25,26). The van der Waals surface area contributed by atoms with Crippen LogP contribution in [0.4, 0.5) is 11.5 Å². The molecule has 2 aromatic carbocycles. The van der Waals surface area contributed by atoms with Gasteiger partial charge < -0.3 is 19.5 Å². The van der Waals surface area contributed by atoms with Crippen molar-refractivity contribution in [1.29, 1.82) is 0 Å². The molecule has 3 heterocycles. The summed E-state index contributed by atoms with van der Waals surface area (Å²) in [4.78, 5) is 5.59. The molecule has 0 spiro atoms. The van der Waals surface area contributed by atoms with Crippen molar-refractivity contribution in [2.24, 2.45) is 0 Å². The first-order chi connectivity index (χ1) is 15.2. The van der Waals surface area contributed by atoms with Crippen molar-refractivity contribution in [1.82, 2.24) is 14.6 Å². The van der Waals surface area contributed by atoms with Gasteiger partial charge in [-0.05, 0) is 41.8 Å². The number of benzene rings is 2. The summed E-state index contributed by atoms with van der Waals surface area (Å²) in [6.45, 7) is 0. The van der Waals surface area contributed by atoms with Crippen LogP contribution in [0.25, 0.3) is 26.3 Å². The molecule has 0 atom stereocenters. The average molecular weight is 433 g/mol. The first-order valence-electron chi connectivity index (χ1n) is 9.61. The van der Waals surface area contributed by atoms with Gasteiger partial charge >= 0.3 is 0 Å². The Kier molecular flexibility index (Phi) is 4.83. The van der Waals surface area contributed by atoms with E-state index in [1.165, 1.54) is 0 Å². The maximum Gasteiger partial charge on any atom is 0.162 e. The van der Waals surface area contributed by atoms with Crippen LogP contribution in [0.3, 0.4) is 0 Å². The van der Waals surface area contributed by atoms with E-state index in [0.29, 0.717) is 17.3 Å². The van der Waals surface area contributed by atoms with Crippen LogP contribution in [-0.2, 0) is 0 Å². The van der Waals surface area contributed by atoms with Crippen molar-refractivity contribution in [3.63, 3.8) is 0 Å². The highest BCUT2D eigenvalue weighted by Gasteiger charge is 2.14. The lowest BCUT2D eigenvalue weighted by atomic mass is 10.2. The Morgan fingerprint density at radius 1 is 0.871 bits per heavy atom. The molecule has 5 aromatic rings. The first-order valence-corrected chi connectivity index (χ1v) is 10.4. The van der Waals surface area contributed by atoms with Gasteiger partial charge in [0.05, 0.1) is 37.1 Å². The lowest BCUT2D eigenvalue weighted by Crippen LogP contribution is -2.00. The summed E-state index contributed by atoms with van der Waals surface area (Å²) in [5.74, 6) is 2.88. The molecular formula is C23H20N4O3S. The molecule has 1 N–H and O–H groups in total. The molecule has 0 unspecified atom stereocenters. The third-order valence-corrected chi connectivity index (χ3v) is 6.19. The van der Waals surface area contributed by atoms with E-state index < -0.39 is 0 Å². The highest BCUT2D eigenvalue weighted by Crippen LogP contribution is 2.38. The van der Waals surface area contributed by atoms with Crippen LogP contribution < -0.4 is 19.5 Å². The average Bonchev–Trinajstić information content (AvgIpc) is 3.42. The fraction of sp³-hybridized carbons (Fsp3) is 0.130. The molecule has 5 rings (SSSR count). The normalized spacial score (nSPS) is 11.1. The lowest BCUT2D eigenvalue weighted by Gasteiger charge is -2.11. The molecule has 0 aliphatic heterocycles. The lowest BCUT2D eigenvalue weighted by molar-refractivity contribution is 0.355. The van der Waals surface area contributed by atoms with E-state index in [-0.39, 0.29) is 0 Å². The maximum absolute atomic E-state index is 5.51. The van der Waals surface area contributed by atoms with Crippen molar-refractivity contribution < 1.29 is 14.2 Å². The molecule has 0 saturated carbocycles. The zero-order chi connectivity index (χ0) is 21.4. The van der Waals surface area contributed by atoms with Crippen LogP contribution in [0, 0.1) is 0 Å². The number of thiophene rings is 1. The van der Waals surface area contributed by atoms with Gasteiger partial charge in [-0.3, -0.25) is 0 Å². The fourth-order valence-electron chi connectivity index (χ4n) is 3.49. The van der Waals surface area contributed by atoms with Gasteiger partial charge in [0, 0.05) is 11.8 Å². The van der Waals surface area contributed by atoms with E-state index in [1.807, 2.05) is 53.2 Å². The molecule has 0 fully saturated rings. The molecule has 156 valence electrons. The van der Waals surface area contributed by atoms with Gasteiger partial charge in [0.15, 0.2) is 23.0 Å². The summed E-state index contributed by atoms with van der Waals surface area (Å²) in [6, 6.07) is 17.7. The Labute approximate surface area is 182 Å². The number of ether oxygens (including phenoxy) is 3. The first kappa shape index (κ1) is 19.2. The third-order valence-electron chi connectivity index (χ3n) is 5.00. The van der Waals surface area contributed by atoms with Crippen LogP contribution in [-0.4, -0.2) is 35.9 Å². The summed E-state index contributed by atoms with van der Waals surface area (Å²) in [5.41, 5.74) is 2.55. The fourth-order valence-corrected chi connectivity index (χ4v) is 4.64. The molecule has 7 nitrogen and oxygen atoms in total. The van der Waals surface area contributed by atoms with Crippen LogP contribution in [0.5, 0.6) is 17.2 Å². The number of aromatic nitrogens is 3. The van der Waals surface area contributed by atoms with Crippen molar-refractivity contribution in [2.75, 3.05) is 26.6 Å². The van der Waals surface area contributed by atoms with Gasteiger partial charge in [0.2, 0.25) is 0 Å². The molecule has 31 heavy (non-hydrogen) atoms. The highest BCUT2D eigenvalue weighted by atomic mass is 32.1. The molecule has 0 radical (unpaired) electrons. The van der Waals surface area contributed by atoms with E-state index in [2.05, 4.69) is 22.4 Å². The summed E-state index contributed by atoms with van der Waals surface area (Å²) in [6.07, 6.45) is 1.85. The zero-order valence-corrected chi connectivity index (χ0v) is 18.1. The number of rotatable bonds is 6. The summed E-state index contributed by atoms with van der Waals surface area (Å²) < 4.78 is 19.2. The number of methoxy groups -OCH3 is 3. The van der Waals surface area contributed by atoms with E-state index in [1.54, 1.807) is 32.7 Å².